The fourth-order valence-corrected chi connectivity index (χ4v) is 4.57. The van der Waals surface area contributed by atoms with Gasteiger partial charge >= 0.3 is 5.97 Å². The van der Waals surface area contributed by atoms with Gasteiger partial charge in [-0.05, 0) is 12.8 Å². The minimum absolute atomic E-state index is 0.0302. The van der Waals surface area contributed by atoms with E-state index >= 15 is 0 Å². The van der Waals surface area contributed by atoms with Crippen molar-refractivity contribution in [2.24, 2.45) is 0 Å². The molecule has 0 aromatic heterocycles. The maximum atomic E-state index is 12.2. The third-order valence-corrected chi connectivity index (χ3v) is 5.86. The van der Waals surface area contributed by atoms with Crippen molar-refractivity contribution >= 4 is 21.7 Å². The summed E-state index contributed by atoms with van der Waals surface area (Å²) in [5.41, 5.74) is 0. The summed E-state index contributed by atoms with van der Waals surface area (Å²) in [6.45, 7) is -0.109. The Kier molecular flexibility index (Phi) is 3.82. The number of hydrogen-bond acceptors (Lipinski definition) is 5. The molecule has 0 spiro atoms. The Morgan fingerprint density at radius 3 is 2.47 bits per heavy atom. The molecule has 2 saturated heterocycles. The second-order valence-electron chi connectivity index (χ2n) is 5.09. The number of likely N-dealkylation sites (tertiary alicyclic amines) is 1. The summed E-state index contributed by atoms with van der Waals surface area (Å²) in [6.07, 6.45) is 0.464. The van der Waals surface area contributed by atoms with E-state index in [1.165, 1.54) is 0 Å². The van der Waals surface area contributed by atoms with E-state index in [-0.39, 0.29) is 25.1 Å². The summed E-state index contributed by atoms with van der Waals surface area (Å²) in [5.74, 6) is -1.92. The van der Waals surface area contributed by atoms with Gasteiger partial charge in [0.2, 0.25) is 5.91 Å². The minimum Gasteiger partial charge on any atom is -0.480 e. The fourth-order valence-electron chi connectivity index (χ4n) is 2.71. The van der Waals surface area contributed by atoms with Gasteiger partial charge in [0.1, 0.15) is 11.3 Å². The van der Waals surface area contributed by atoms with Crippen LogP contribution in [0.15, 0.2) is 0 Å². The highest BCUT2D eigenvalue weighted by Crippen LogP contribution is 2.26. The van der Waals surface area contributed by atoms with Crippen LogP contribution in [-0.4, -0.2) is 65.1 Å². The molecule has 2 N–H and O–H groups in total. The average Bonchev–Trinajstić information content (AvgIpc) is 2.70. The topological polar surface area (TPSA) is 112 Å². The predicted octanol–water partition coefficient (Wildman–Crippen LogP) is -1.000. The molecule has 3 atom stereocenters. The third kappa shape index (κ3) is 2.74. The van der Waals surface area contributed by atoms with Crippen molar-refractivity contribution < 1.29 is 28.2 Å². The first-order chi connectivity index (χ1) is 8.83. The van der Waals surface area contributed by atoms with Crippen LogP contribution < -0.4 is 0 Å². The lowest BCUT2D eigenvalue weighted by Crippen LogP contribution is -2.49. The van der Waals surface area contributed by atoms with Crippen LogP contribution in [0.25, 0.3) is 0 Å². The van der Waals surface area contributed by atoms with Crippen LogP contribution in [0.5, 0.6) is 0 Å². The Morgan fingerprint density at radius 1 is 1.21 bits per heavy atom. The molecule has 2 heterocycles. The van der Waals surface area contributed by atoms with Gasteiger partial charge in [-0.2, -0.15) is 0 Å². The molecule has 0 aromatic carbocycles. The summed E-state index contributed by atoms with van der Waals surface area (Å²) < 4.78 is 23.8. The lowest BCUT2D eigenvalue weighted by molar-refractivity contribution is -0.148. The largest absolute Gasteiger partial charge is 0.480 e. The molecule has 2 rings (SSSR count). The minimum atomic E-state index is -3.49. The number of carbonyl (C=O) groups excluding carboxylic acids is 1. The van der Waals surface area contributed by atoms with Crippen LogP contribution in [-0.2, 0) is 19.4 Å². The number of carboxylic acids is 1. The molecule has 0 bridgehead atoms. The highest BCUT2D eigenvalue weighted by molar-refractivity contribution is 7.92. The van der Waals surface area contributed by atoms with Crippen molar-refractivity contribution in [3.05, 3.63) is 0 Å². The SMILES string of the molecule is O=C(O)[C@@H]1C[C@H](O)CN1C(=O)C1CCCCS1(=O)=O. The lowest BCUT2D eigenvalue weighted by Gasteiger charge is -2.28. The molecule has 0 aromatic rings. The van der Waals surface area contributed by atoms with Gasteiger partial charge in [-0.3, -0.25) is 4.79 Å². The molecular weight excluding hydrogens is 274 g/mol. The molecule has 8 heteroatoms. The molecule has 1 amide bonds. The number of hydrogen-bond donors (Lipinski definition) is 2. The normalized spacial score (nSPS) is 34.2. The van der Waals surface area contributed by atoms with Crippen molar-refractivity contribution in [2.75, 3.05) is 12.3 Å². The second-order valence-corrected chi connectivity index (χ2v) is 7.39. The van der Waals surface area contributed by atoms with Crippen molar-refractivity contribution in [3.63, 3.8) is 0 Å². The van der Waals surface area contributed by atoms with Gasteiger partial charge in [-0.25, -0.2) is 13.2 Å². The number of β-amino-alcohol motifs (C(OH)–C–C–N with tert-alkyl or cyclic N) is 1. The summed E-state index contributed by atoms with van der Waals surface area (Å²) in [7, 11) is -3.49. The van der Waals surface area contributed by atoms with Gasteiger partial charge in [0.05, 0.1) is 11.9 Å². The van der Waals surface area contributed by atoms with Crippen molar-refractivity contribution in [1.29, 1.82) is 0 Å². The van der Waals surface area contributed by atoms with E-state index in [0.717, 1.165) is 4.90 Å². The first-order valence-electron chi connectivity index (χ1n) is 6.26. The van der Waals surface area contributed by atoms with Gasteiger partial charge in [0, 0.05) is 13.0 Å². The van der Waals surface area contributed by atoms with Crippen LogP contribution in [0.3, 0.4) is 0 Å². The van der Waals surface area contributed by atoms with Gasteiger partial charge in [-0.15, -0.1) is 0 Å². The number of aliphatic hydroxyl groups is 1. The monoisotopic (exact) mass is 291 g/mol. The number of sulfone groups is 1. The van der Waals surface area contributed by atoms with E-state index in [0.29, 0.717) is 12.8 Å². The molecule has 2 aliphatic rings. The summed E-state index contributed by atoms with van der Waals surface area (Å²) in [6, 6.07) is -1.13. The third-order valence-electron chi connectivity index (χ3n) is 3.70. The van der Waals surface area contributed by atoms with E-state index in [4.69, 9.17) is 5.11 Å². The van der Waals surface area contributed by atoms with Crippen LogP contribution in [0.1, 0.15) is 25.7 Å². The van der Waals surface area contributed by atoms with Crippen LogP contribution in [0, 0.1) is 0 Å². The zero-order chi connectivity index (χ0) is 14.2. The standard InChI is InChI=1S/C11H17NO6S/c13-7-5-8(11(15)16)12(6-7)10(14)9-3-1-2-4-19(9,17)18/h7-9,13H,1-6H2,(H,15,16)/t7-,8-,9?/m0/s1. The predicted molar refractivity (Wildman–Crippen MR) is 65.2 cm³/mol. The van der Waals surface area contributed by atoms with Gasteiger partial charge in [0.25, 0.3) is 0 Å². The van der Waals surface area contributed by atoms with Crippen molar-refractivity contribution in [2.45, 2.75) is 43.1 Å². The molecule has 0 aliphatic carbocycles. The number of aliphatic hydroxyl groups excluding tert-OH is 1. The summed E-state index contributed by atoms with van der Waals surface area (Å²) in [5, 5.41) is 17.4. The van der Waals surface area contributed by atoms with E-state index in [9.17, 15) is 23.1 Å². The van der Waals surface area contributed by atoms with Gasteiger partial charge in [0.15, 0.2) is 9.84 Å². The number of amides is 1. The number of aliphatic carboxylic acids is 1. The smallest absolute Gasteiger partial charge is 0.326 e. The number of carbonyl (C=O) groups is 2. The molecule has 0 saturated carbocycles. The summed E-state index contributed by atoms with van der Waals surface area (Å²) >= 11 is 0. The van der Waals surface area contributed by atoms with E-state index in [1.54, 1.807) is 0 Å². The van der Waals surface area contributed by atoms with E-state index in [1.807, 2.05) is 0 Å². The molecule has 0 radical (unpaired) electrons. The zero-order valence-electron chi connectivity index (χ0n) is 10.4. The van der Waals surface area contributed by atoms with Gasteiger partial charge < -0.3 is 15.1 Å². The highest BCUT2D eigenvalue weighted by Gasteiger charge is 2.45. The molecule has 2 aliphatic heterocycles. The molecule has 19 heavy (non-hydrogen) atoms. The number of nitrogens with zero attached hydrogens (tertiary/aromatic N) is 1. The number of carboxylic acid groups (broad SMARTS) is 1. The fraction of sp³-hybridized carbons (Fsp3) is 0.818. The molecule has 7 nitrogen and oxygen atoms in total. The van der Waals surface area contributed by atoms with Crippen LogP contribution in [0.2, 0.25) is 0 Å². The number of rotatable bonds is 2. The maximum Gasteiger partial charge on any atom is 0.326 e. The van der Waals surface area contributed by atoms with Crippen LogP contribution >= 0.6 is 0 Å². The zero-order valence-corrected chi connectivity index (χ0v) is 11.2. The molecule has 108 valence electrons. The Bertz CT molecular complexity index is 487. The van der Waals surface area contributed by atoms with Gasteiger partial charge in [-0.1, -0.05) is 6.42 Å². The quantitative estimate of drug-likeness (QED) is 0.675. The molecular formula is C11H17NO6S. The Labute approximate surface area is 111 Å². The summed E-state index contributed by atoms with van der Waals surface area (Å²) in [4.78, 5) is 24.3. The van der Waals surface area contributed by atoms with Crippen LogP contribution in [0.4, 0.5) is 0 Å². The molecule has 1 unspecified atom stereocenters. The Balaban J connectivity index is 2.21. The van der Waals surface area contributed by atoms with E-state index in [2.05, 4.69) is 0 Å². The first-order valence-corrected chi connectivity index (χ1v) is 7.97. The second kappa shape index (κ2) is 5.09. The molecule has 2 fully saturated rings. The first kappa shape index (κ1) is 14.3. The van der Waals surface area contributed by atoms with E-state index < -0.39 is 39.1 Å². The lowest BCUT2D eigenvalue weighted by atomic mass is 10.1. The average molecular weight is 291 g/mol. The maximum absolute atomic E-state index is 12.2. The highest BCUT2D eigenvalue weighted by atomic mass is 32.2. The van der Waals surface area contributed by atoms with Crippen molar-refractivity contribution in [3.8, 4) is 0 Å². The Hall–Kier alpha value is -1.15. The Morgan fingerprint density at radius 2 is 1.89 bits per heavy atom. The van der Waals surface area contributed by atoms with Crippen molar-refractivity contribution in [1.82, 2.24) is 4.90 Å².